The summed E-state index contributed by atoms with van der Waals surface area (Å²) in [7, 11) is 3.34. The Morgan fingerprint density at radius 2 is 1.78 bits per heavy atom. The van der Waals surface area contributed by atoms with Crippen LogP contribution in [0, 0.1) is 0 Å². The molecule has 5 heterocycles. The number of carbonyl (C=O) groups excluding carboxylic acids is 2. The number of benzene rings is 1. The van der Waals surface area contributed by atoms with Gasteiger partial charge in [-0.2, -0.15) is 13.2 Å². The molecule has 1 aromatic carbocycles. The molecule has 0 unspecified atom stereocenters. The van der Waals surface area contributed by atoms with Gasteiger partial charge in [-0.1, -0.05) is 26.0 Å². The Morgan fingerprint density at radius 1 is 1.02 bits per heavy atom. The number of fused-ring (bicyclic) bond motifs is 2. The quantitative estimate of drug-likeness (QED) is 0.243. The Bertz CT molecular complexity index is 1830. The Kier molecular flexibility index (Phi) is 9.94. The van der Waals surface area contributed by atoms with Crippen LogP contribution in [0.2, 0.25) is 0 Å². The van der Waals surface area contributed by atoms with E-state index in [4.69, 9.17) is 9.72 Å². The third kappa shape index (κ3) is 7.57. The van der Waals surface area contributed by atoms with Crippen LogP contribution in [-0.4, -0.2) is 99.7 Å². The van der Waals surface area contributed by atoms with Gasteiger partial charge in [0.15, 0.2) is 0 Å². The molecule has 3 aromatic heterocycles. The Balaban J connectivity index is 1.18. The summed E-state index contributed by atoms with van der Waals surface area (Å²) in [5.74, 6) is 0.483. The zero-order valence-electron chi connectivity index (χ0n) is 28.3. The van der Waals surface area contributed by atoms with Crippen molar-refractivity contribution in [3.8, 4) is 11.5 Å². The molecule has 0 radical (unpaired) electrons. The van der Waals surface area contributed by atoms with Gasteiger partial charge in [0.1, 0.15) is 22.8 Å². The number of pyridine rings is 2. The fourth-order valence-electron chi connectivity index (χ4n) is 6.69. The monoisotopic (exact) mass is 677 g/mol. The lowest BCUT2D eigenvalue weighted by molar-refractivity contribution is -0.139. The number of piperazine rings is 1. The van der Waals surface area contributed by atoms with E-state index in [2.05, 4.69) is 26.7 Å². The molecular formula is C36H42F3N7O3. The fraction of sp³-hybridized carbons (Fsp3) is 0.444. The molecule has 2 aliphatic rings. The SMILES string of the molecule is CC[C@H]1CN(C(=O)Cc2ccc(CN3CCN(CC)CC3)c(C(F)(F)F)c2)Cc2cc(Oc3ccnc4[nH]c(C(=O)N(C)C)cc34)cnc21. The van der Waals surface area contributed by atoms with E-state index in [1.807, 2.05) is 13.0 Å². The van der Waals surface area contributed by atoms with Crippen molar-refractivity contribution in [3.05, 3.63) is 82.4 Å². The highest BCUT2D eigenvalue weighted by atomic mass is 19.4. The molecule has 1 fully saturated rings. The largest absolute Gasteiger partial charge is 0.455 e. The third-order valence-corrected chi connectivity index (χ3v) is 9.51. The van der Waals surface area contributed by atoms with E-state index >= 15 is 0 Å². The number of nitrogens with one attached hydrogen (secondary N) is 1. The molecule has 0 bridgehead atoms. The molecule has 1 saturated heterocycles. The van der Waals surface area contributed by atoms with Crippen molar-refractivity contribution in [3.63, 3.8) is 0 Å². The van der Waals surface area contributed by atoms with E-state index in [9.17, 15) is 22.8 Å². The van der Waals surface area contributed by atoms with Crippen LogP contribution in [0.5, 0.6) is 11.5 Å². The van der Waals surface area contributed by atoms with E-state index in [0.717, 1.165) is 56.5 Å². The van der Waals surface area contributed by atoms with Crippen molar-refractivity contribution in [2.45, 2.75) is 51.9 Å². The Hall–Kier alpha value is -4.49. The Labute approximate surface area is 283 Å². The number of ether oxygens (including phenoxy) is 1. The summed E-state index contributed by atoms with van der Waals surface area (Å²) >= 11 is 0. The summed E-state index contributed by atoms with van der Waals surface area (Å²) in [5.41, 5.74) is 2.48. The van der Waals surface area contributed by atoms with Crippen LogP contribution in [-0.2, 0) is 30.5 Å². The summed E-state index contributed by atoms with van der Waals surface area (Å²) in [5, 5.41) is 0.636. The standard InChI is InChI=1S/C36H42F3N7O3/c1-5-24-21-46(32(47)16-23-7-8-25(29(15-23)36(37,38)39)20-45-13-11-44(6-2)12-14-45)22-26-17-27(19-41-33(24)26)49-31-9-10-40-34-28(31)18-30(42-34)35(48)43(3)4/h7-10,15,17-19,24H,5-6,11-14,16,20-22H2,1-4H3,(H,40,42)/t24-/m0/s1. The van der Waals surface area contributed by atoms with Crippen LogP contribution in [0.25, 0.3) is 11.0 Å². The molecule has 260 valence electrons. The van der Waals surface area contributed by atoms with Crippen molar-refractivity contribution in [1.82, 2.24) is 34.6 Å². The number of aromatic amines is 1. The maximum atomic E-state index is 14.2. The molecule has 10 nitrogen and oxygen atoms in total. The van der Waals surface area contributed by atoms with Crippen molar-refractivity contribution in [1.29, 1.82) is 0 Å². The number of rotatable bonds is 9. The molecule has 1 N–H and O–H groups in total. The lowest BCUT2D eigenvalue weighted by Gasteiger charge is -2.34. The van der Waals surface area contributed by atoms with Gasteiger partial charge in [-0.15, -0.1) is 0 Å². The average molecular weight is 678 g/mol. The first-order valence-electron chi connectivity index (χ1n) is 16.7. The molecule has 1 atom stereocenters. The highest BCUT2D eigenvalue weighted by Gasteiger charge is 2.35. The molecule has 2 amide bonds. The van der Waals surface area contributed by atoms with Gasteiger partial charge in [-0.05, 0) is 53.9 Å². The highest BCUT2D eigenvalue weighted by molar-refractivity contribution is 5.98. The average Bonchev–Trinajstić information content (AvgIpc) is 3.53. The highest BCUT2D eigenvalue weighted by Crippen LogP contribution is 2.36. The number of hydrogen-bond acceptors (Lipinski definition) is 7. The van der Waals surface area contributed by atoms with E-state index in [1.54, 1.807) is 49.6 Å². The first-order chi connectivity index (χ1) is 23.4. The zero-order valence-corrected chi connectivity index (χ0v) is 28.3. The minimum atomic E-state index is -4.52. The molecule has 4 aromatic rings. The van der Waals surface area contributed by atoms with Crippen molar-refractivity contribution in [2.75, 3.05) is 53.4 Å². The topological polar surface area (TPSA) is 97.9 Å². The number of likely N-dealkylation sites (N-methyl/N-ethyl adjacent to an activating group) is 1. The number of aromatic nitrogens is 3. The number of H-pyrrole nitrogens is 1. The second-order valence-corrected chi connectivity index (χ2v) is 13.0. The van der Waals surface area contributed by atoms with Gasteiger partial charge in [0.05, 0.1) is 29.3 Å². The van der Waals surface area contributed by atoms with Crippen LogP contribution in [0.4, 0.5) is 13.2 Å². The van der Waals surface area contributed by atoms with Gasteiger partial charge in [0.2, 0.25) is 5.91 Å². The second kappa shape index (κ2) is 14.2. The van der Waals surface area contributed by atoms with Gasteiger partial charge in [0.25, 0.3) is 5.91 Å². The Morgan fingerprint density at radius 3 is 2.47 bits per heavy atom. The molecule has 49 heavy (non-hydrogen) atoms. The lowest BCUT2D eigenvalue weighted by Crippen LogP contribution is -2.45. The van der Waals surface area contributed by atoms with Crippen LogP contribution in [0.3, 0.4) is 0 Å². The smallest absolute Gasteiger partial charge is 0.416 e. The number of amides is 2. The van der Waals surface area contributed by atoms with Crippen molar-refractivity contribution in [2.24, 2.45) is 0 Å². The summed E-state index contributed by atoms with van der Waals surface area (Å²) in [6.07, 6.45) is -0.691. The molecule has 2 aliphatic heterocycles. The first-order valence-corrected chi connectivity index (χ1v) is 16.7. The van der Waals surface area contributed by atoms with Crippen LogP contribution < -0.4 is 4.74 Å². The summed E-state index contributed by atoms with van der Waals surface area (Å²) < 4.78 is 48.9. The third-order valence-electron chi connectivity index (χ3n) is 9.51. The lowest BCUT2D eigenvalue weighted by atomic mass is 9.92. The van der Waals surface area contributed by atoms with Crippen LogP contribution >= 0.6 is 0 Å². The van der Waals surface area contributed by atoms with E-state index < -0.39 is 11.7 Å². The molecule has 0 aliphatic carbocycles. The van der Waals surface area contributed by atoms with Crippen molar-refractivity contribution < 1.29 is 27.5 Å². The zero-order chi connectivity index (χ0) is 34.9. The summed E-state index contributed by atoms with van der Waals surface area (Å²) in [6.45, 7) is 9.09. The molecule has 0 saturated carbocycles. The maximum absolute atomic E-state index is 14.2. The van der Waals surface area contributed by atoms with Gasteiger partial charge >= 0.3 is 6.18 Å². The number of halogens is 3. The number of carbonyl (C=O) groups is 2. The van der Waals surface area contributed by atoms with E-state index in [1.165, 1.54) is 11.0 Å². The molecule has 0 spiro atoms. The minimum Gasteiger partial charge on any atom is -0.455 e. The summed E-state index contributed by atoms with van der Waals surface area (Å²) in [4.78, 5) is 45.7. The predicted octanol–water partition coefficient (Wildman–Crippen LogP) is 5.69. The maximum Gasteiger partial charge on any atom is 0.416 e. The van der Waals surface area contributed by atoms with Gasteiger partial charge in [0, 0.05) is 72.0 Å². The molecule has 6 rings (SSSR count). The normalized spacial score (nSPS) is 17.3. The number of nitrogens with zero attached hydrogens (tertiary/aromatic N) is 6. The van der Waals surface area contributed by atoms with Crippen LogP contribution in [0.1, 0.15) is 64.6 Å². The number of hydrogen-bond donors (Lipinski definition) is 1. The molecule has 13 heteroatoms. The number of alkyl halides is 3. The van der Waals surface area contributed by atoms with Gasteiger partial charge < -0.3 is 24.4 Å². The van der Waals surface area contributed by atoms with Gasteiger partial charge in [-0.3, -0.25) is 19.5 Å². The second-order valence-electron chi connectivity index (χ2n) is 13.0. The molecular weight excluding hydrogens is 635 g/mol. The summed E-state index contributed by atoms with van der Waals surface area (Å²) in [6, 6.07) is 9.59. The predicted molar refractivity (Wildman–Crippen MR) is 179 cm³/mol. The van der Waals surface area contributed by atoms with Crippen molar-refractivity contribution >= 4 is 22.8 Å². The fourth-order valence-corrected chi connectivity index (χ4v) is 6.69. The van der Waals surface area contributed by atoms with E-state index in [-0.39, 0.29) is 42.8 Å². The van der Waals surface area contributed by atoms with Gasteiger partial charge in [-0.25, -0.2) is 4.98 Å². The minimum absolute atomic E-state index is 0.0278. The first kappa shape index (κ1) is 34.4. The van der Waals surface area contributed by atoms with Crippen LogP contribution in [0.15, 0.2) is 48.8 Å². The van der Waals surface area contributed by atoms with E-state index in [0.29, 0.717) is 40.3 Å².